The summed E-state index contributed by atoms with van der Waals surface area (Å²) in [5, 5.41) is 3.64. The van der Waals surface area contributed by atoms with E-state index < -0.39 is 0 Å². The van der Waals surface area contributed by atoms with E-state index in [4.69, 9.17) is 4.74 Å². The number of likely N-dealkylation sites (tertiary alicyclic amines) is 1. The van der Waals surface area contributed by atoms with Crippen molar-refractivity contribution < 1.29 is 4.74 Å². The first kappa shape index (κ1) is 15.9. The third-order valence-corrected chi connectivity index (χ3v) is 4.38. The van der Waals surface area contributed by atoms with Crippen LogP contribution in [0.1, 0.15) is 53.4 Å². The summed E-state index contributed by atoms with van der Waals surface area (Å²) in [4.78, 5) is 2.66. The van der Waals surface area contributed by atoms with Crippen LogP contribution >= 0.6 is 0 Å². The van der Waals surface area contributed by atoms with Crippen LogP contribution in [-0.4, -0.2) is 49.3 Å². The smallest absolute Gasteiger partial charge is 0.0637 e. The second-order valence-corrected chi connectivity index (χ2v) is 5.59. The Bertz CT molecular complexity index is 217. The zero-order valence-corrected chi connectivity index (χ0v) is 12.8. The lowest BCUT2D eigenvalue weighted by molar-refractivity contribution is 0.0250. The van der Waals surface area contributed by atoms with Crippen molar-refractivity contribution in [1.29, 1.82) is 0 Å². The fraction of sp³-hybridized carbons (Fsp3) is 1.00. The van der Waals surface area contributed by atoms with Gasteiger partial charge in [-0.1, -0.05) is 20.8 Å². The first-order valence-electron chi connectivity index (χ1n) is 7.75. The van der Waals surface area contributed by atoms with Gasteiger partial charge in [0.15, 0.2) is 0 Å². The number of likely N-dealkylation sites (N-methyl/N-ethyl adjacent to an activating group) is 1. The van der Waals surface area contributed by atoms with E-state index in [0.717, 1.165) is 26.2 Å². The summed E-state index contributed by atoms with van der Waals surface area (Å²) in [6.45, 7) is 14.3. The minimum absolute atomic E-state index is 0.236. The van der Waals surface area contributed by atoms with Gasteiger partial charge in [0, 0.05) is 18.2 Å². The zero-order valence-electron chi connectivity index (χ0n) is 12.8. The molecular formula is C15H32N2O. The Kier molecular flexibility index (Phi) is 7.20. The Morgan fingerprint density at radius 2 is 1.89 bits per heavy atom. The molecule has 0 bridgehead atoms. The highest BCUT2D eigenvalue weighted by molar-refractivity contribution is 4.97. The van der Waals surface area contributed by atoms with E-state index in [1.54, 1.807) is 0 Å². The number of ether oxygens (including phenoxy) is 1. The average Bonchev–Trinajstić information content (AvgIpc) is 2.91. The number of hydrogen-bond acceptors (Lipinski definition) is 3. The van der Waals surface area contributed by atoms with Crippen molar-refractivity contribution in [2.45, 2.75) is 65.0 Å². The zero-order chi connectivity index (χ0) is 13.4. The van der Waals surface area contributed by atoms with E-state index in [9.17, 15) is 0 Å². The van der Waals surface area contributed by atoms with E-state index >= 15 is 0 Å². The molecule has 1 aliphatic rings. The van der Waals surface area contributed by atoms with Gasteiger partial charge in [0.2, 0.25) is 0 Å². The van der Waals surface area contributed by atoms with Crippen LogP contribution in [0.2, 0.25) is 0 Å². The third kappa shape index (κ3) is 3.94. The second kappa shape index (κ2) is 8.13. The van der Waals surface area contributed by atoms with Crippen LogP contribution < -0.4 is 5.32 Å². The van der Waals surface area contributed by atoms with Gasteiger partial charge in [0.25, 0.3) is 0 Å². The predicted molar refractivity (Wildman–Crippen MR) is 78.1 cm³/mol. The highest BCUT2D eigenvalue weighted by Gasteiger charge is 2.38. The minimum atomic E-state index is 0.236. The molecule has 3 nitrogen and oxygen atoms in total. The van der Waals surface area contributed by atoms with Crippen LogP contribution in [0.25, 0.3) is 0 Å². The molecule has 1 rings (SSSR count). The fourth-order valence-corrected chi connectivity index (χ4v) is 2.97. The molecule has 0 aromatic heterocycles. The number of rotatable bonds is 9. The largest absolute Gasteiger partial charge is 0.380 e. The molecule has 1 N–H and O–H groups in total. The first-order valence-corrected chi connectivity index (χ1v) is 7.75. The number of nitrogens with one attached hydrogen (secondary N) is 1. The SMILES string of the molecule is CCCOCC(NCC)C(C)(CC)N1CCCC1. The Hall–Kier alpha value is -0.120. The molecule has 0 saturated carbocycles. The highest BCUT2D eigenvalue weighted by atomic mass is 16.5. The fourth-order valence-electron chi connectivity index (χ4n) is 2.97. The summed E-state index contributed by atoms with van der Waals surface area (Å²) < 4.78 is 5.82. The van der Waals surface area contributed by atoms with Crippen molar-refractivity contribution in [3.05, 3.63) is 0 Å². The minimum Gasteiger partial charge on any atom is -0.380 e. The quantitative estimate of drug-likeness (QED) is 0.642. The van der Waals surface area contributed by atoms with Gasteiger partial charge in [0.1, 0.15) is 0 Å². The van der Waals surface area contributed by atoms with E-state index in [1.807, 2.05) is 0 Å². The molecule has 0 amide bonds. The molecule has 0 aromatic carbocycles. The first-order chi connectivity index (χ1) is 8.69. The third-order valence-electron chi connectivity index (χ3n) is 4.38. The van der Waals surface area contributed by atoms with E-state index in [2.05, 4.69) is 37.9 Å². The van der Waals surface area contributed by atoms with Crippen molar-refractivity contribution >= 4 is 0 Å². The lowest BCUT2D eigenvalue weighted by atomic mass is 9.87. The number of nitrogens with zero attached hydrogens (tertiary/aromatic N) is 1. The second-order valence-electron chi connectivity index (χ2n) is 5.59. The van der Waals surface area contributed by atoms with Crippen LogP contribution in [-0.2, 0) is 4.74 Å². The molecule has 2 unspecified atom stereocenters. The van der Waals surface area contributed by atoms with Crippen LogP contribution in [0.4, 0.5) is 0 Å². The van der Waals surface area contributed by atoms with Gasteiger partial charge >= 0.3 is 0 Å². The summed E-state index contributed by atoms with van der Waals surface area (Å²) in [6.07, 6.45) is 4.99. The molecule has 1 heterocycles. The van der Waals surface area contributed by atoms with Gasteiger partial charge in [-0.2, -0.15) is 0 Å². The molecule has 0 radical (unpaired) electrons. The molecule has 1 aliphatic heterocycles. The maximum Gasteiger partial charge on any atom is 0.0637 e. The summed E-state index contributed by atoms with van der Waals surface area (Å²) in [6, 6.07) is 0.442. The van der Waals surface area contributed by atoms with Crippen molar-refractivity contribution in [3.63, 3.8) is 0 Å². The van der Waals surface area contributed by atoms with Crippen molar-refractivity contribution in [3.8, 4) is 0 Å². The Morgan fingerprint density at radius 3 is 2.39 bits per heavy atom. The van der Waals surface area contributed by atoms with Gasteiger partial charge < -0.3 is 10.1 Å². The van der Waals surface area contributed by atoms with Crippen molar-refractivity contribution in [1.82, 2.24) is 10.2 Å². The molecule has 0 aliphatic carbocycles. The molecule has 108 valence electrons. The molecular weight excluding hydrogens is 224 g/mol. The normalized spacial score (nSPS) is 22.0. The maximum absolute atomic E-state index is 5.82. The summed E-state index contributed by atoms with van der Waals surface area (Å²) >= 11 is 0. The van der Waals surface area contributed by atoms with Gasteiger partial charge in [0.05, 0.1) is 6.61 Å². The van der Waals surface area contributed by atoms with Crippen LogP contribution in [0, 0.1) is 0 Å². The molecule has 18 heavy (non-hydrogen) atoms. The van der Waals surface area contributed by atoms with Crippen molar-refractivity contribution in [2.75, 3.05) is 32.8 Å². The van der Waals surface area contributed by atoms with E-state index in [0.29, 0.717) is 6.04 Å². The lowest BCUT2D eigenvalue weighted by Gasteiger charge is -2.44. The summed E-state index contributed by atoms with van der Waals surface area (Å²) in [7, 11) is 0. The standard InChI is InChI=1S/C15H32N2O/c1-5-12-18-13-14(16-7-3)15(4,6-2)17-10-8-9-11-17/h14,16H,5-13H2,1-4H3. The Balaban J connectivity index is 2.64. The van der Waals surface area contributed by atoms with Crippen LogP contribution in [0.5, 0.6) is 0 Å². The summed E-state index contributed by atoms with van der Waals surface area (Å²) in [5.74, 6) is 0. The predicted octanol–water partition coefficient (Wildman–Crippen LogP) is 2.66. The van der Waals surface area contributed by atoms with E-state index in [1.165, 1.54) is 32.4 Å². The lowest BCUT2D eigenvalue weighted by Crippen LogP contribution is -2.60. The molecule has 3 heteroatoms. The van der Waals surface area contributed by atoms with Gasteiger partial charge in [-0.05, 0) is 52.2 Å². The molecule has 2 atom stereocenters. The monoisotopic (exact) mass is 256 g/mol. The Labute approximate surface area is 113 Å². The van der Waals surface area contributed by atoms with Gasteiger partial charge in [-0.25, -0.2) is 0 Å². The average molecular weight is 256 g/mol. The Morgan fingerprint density at radius 1 is 1.22 bits per heavy atom. The van der Waals surface area contributed by atoms with Crippen LogP contribution in [0.15, 0.2) is 0 Å². The maximum atomic E-state index is 5.82. The van der Waals surface area contributed by atoms with Crippen LogP contribution in [0.3, 0.4) is 0 Å². The van der Waals surface area contributed by atoms with Crippen molar-refractivity contribution in [2.24, 2.45) is 0 Å². The molecule has 1 saturated heterocycles. The van der Waals surface area contributed by atoms with Gasteiger partial charge in [-0.3, -0.25) is 4.90 Å². The highest BCUT2D eigenvalue weighted by Crippen LogP contribution is 2.28. The van der Waals surface area contributed by atoms with E-state index in [-0.39, 0.29) is 5.54 Å². The number of hydrogen-bond donors (Lipinski definition) is 1. The summed E-state index contributed by atoms with van der Waals surface area (Å²) in [5.41, 5.74) is 0.236. The van der Waals surface area contributed by atoms with Gasteiger partial charge in [-0.15, -0.1) is 0 Å². The molecule has 0 aromatic rings. The topological polar surface area (TPSA) is 24.5 Å². The molecule has 0 spiro atoms. The molecule has 1 fully saturated rings.